The van der Waals surface area contributed by atoms with Crippen LogP contribution in [0.2, 0.25) is 0 Å². The van der Waals surface area contributed by atoms with Gasteiger partial charge in [0.15, 0.2) is 0 Å². The quantitative estimate of drug-likeness (QED) is 0.170. The van der Waals surface area contributed by atoms with Crippen molar-refractivity contribution in [1.29, 1.82) is 0 Å². The fraction of sp³-hybridized carbons (Fsp3) is 0.217. The van der Waals surface area contributed by atoms with Gasteiger partial charge in [0.2, 0.25) is 0 Å². The van der Waals surface area contributed by atoms with E-state index in [4.69, 9.17) is 0 Å². The first-order valence-electron chi connectivity index (χ1n) is 17.9. The maximum Gasteiger partial charge on any atom is 0.0497 e. The molecule has 0 fully saturated rings. The van der Waals surface area contributed by atoms with Crippen LogP contribution in [-0.4, -0.2) is 23.2 Å². The monoisotopic (exact) mass is 656 g/mol. The van der Waals surface area contributed by atoms with E-state index in [9.17, 15) is 0 Å². The molecule has 2 aromatic heterocycles. The van der Waals surface area contributed by atoms with E-state index in [1.165, 1.54) is 79.2 Å². The zero-order valence-corrected chi connectivity index (χ0v) is 30.3. The highest BCUT2D eigenvalue weighted by Crippen LogP contribution is 2.37. The van der Waals surface area contributed by atoms with Gasteiger partial charge >= 0.3 is 0 Å². The second kappa shape index (κ2) is 13.8. The Balaban J connectivity index is 0.000000157. The van der Waals surface area contributed by atoms with Crippen molar-refractivity contribution in [2.45, 2.75) is 52.6 Å². The first-order chi connectivity index (χ1) is 24.3. The number of aromatic nitrogens is 2. The summed E-state index contributed by atoms with van der Waals surface area (Å²) in [4.78, 5) is 4.49. The number of hydrogen-bond acceptors (Lipinski definition) is 2. The Labute approximate surface area is 296 Å². The number of aryl methyl sites for hydroxylation is 1. The molecule has 8 aromatic rings. The third kappa shape index (κ3) is 6.22. The second-order valence-corrected chi connectivity index (χ2v) is 14.2. The predicted molar refractivity (Wildman–Crippen MR) is 218 cm³/mol. The van der Waals surface area contributed by atoms with Gasteiger partial charge in [-0.3, -0.25) is 0 Å². The SMILES string of the molecule is CCCCn1c2ccccc2c2cc(N(C)c3ccccc3)ccc21.CN(c1ccccc1)c1ccc2c(c1)c1ccccc1n2C(C)(C)C. The second-order valence-electron chi connectivity index (χ2n) is 14.2. The zero-order chi connectivity index (χ0) is 34.8. The van der Waals surface area contributed by atoms with Crippen LogP contribution in [0.4, 0.5) is 22.7 Å². The Morgan fingerprint density at radius 1 is 0.460 bits per heavy atom. The van der Waals surface area contributed by atoms with Gasteiger partial charge in [-0.25, -0.2) is 0 Å². The van der Waals surface area contributed by atoms with Gasteiger partial charge in [-0.05, 0) is 100.0 Å². The fourth-order valence-electron chi connectivity index (χ4n) is 7.30. The Bertz CT molecular complexity index is 2380. The molecule has 0 amide bonds. The van der Waals surface area contributed by atoms with Crippen molar-refractivity contribution in [2.24, 2.45) is 0 Å². The first-order valence-corrected chi connectivity index (χ1v) is 17.9. The summed E-state index contributed by atoms with van der Waals surface area (Å²) in [5.74, 6) is 0. The molecule has 0 spiro atoms. The van der Waals surface area contributed by atoms with E-state index in [1.807, 2.05) is 0 Å². The highest BCUT2D eigenvalue weighted by Gasteiger charge is 2.21. The molecule has 8 rings (SSSR count). The summed E-state index contributed by atoms with van der Waals surface area (Å²) in [5, 5.41) is 5.31. The van der Waals surface area contributed by atoms with Crippen molar-refractivity contribution in [3.05, 3.63) is 146 Å². The number of rotatable bonds is 7. The van der Waals surface area contributed by atoms with Gasteiger partial charge < -0.3 is 18.9 Å². The molecule has 0 saturated carbocycles. The molecule has 2 heterocycles. The molecule has 0 saturated heterocycles. The van der Waals surface area contributed by atoms with Crippen LogP contribution in [0.3, 0.4) is 0 Å². The molecule has 0 aliphatic rings. The topological polar surface area (TPSA) is 16.3 Å². The van der Waals surface area contributed by atoms with Gasteiger partial charge in [0.1, 0.15) is 0 Å². The third-order valence-corrected chi connectivity index (χ3v) is 9.88. The van der Waals surface area contributed by atoms with Gasteiger partial charge in [0.25, 0.3) is 0 Å². The molecule has 0 radical (unpaired) electrons. The summed E-state index contributed by atoms with van der Waals surface area (Å²) >= 11 is 0. The molecule has 252 valence electrons. The van der Waals surface area contributed by atoms with Gasteiger partial charge in [0, 0.05) is 92.5 Å². The van der Waals surface area contributed by atoms with E-state index in [2.05, 4.69) is 206 Å². The molecular formula is C46H48N4. The smallest absolute Gasteiger partial charge is 0.0497 e. The minimum absolute atomic E-state index is 0.0359. The standard InChI is InChI=1S/2C23H24N2/c1-23(2,3)25-21-13-9-8-12-19(21)20-16-18(14-15-22(20)25)24(4)17-10-6-5-7-11-17;1-3-4-16-25-22-13-9-8-12-20(22)21-17-19(14-15-23(21)25)24(2)18-10-6-5-7-11-18/h5-16H,1-4H3;5-15,17H,3-4,16H2,1-2H3. The first kappa shape index (κ1) is 33.0. The highest BCUT2D eigenvalue weighted by molar-refractivity contribution is 6.10. The fourth-order valence-corrected chi connectivity index (χ4v) is 7.30. The van der Waals surface area contributed by atoms with Crippen LogP contribution in [0.1, 0.15) is 40.5 Å². The summed E-state index contributed by atoms with van der Waals surface area (Å²) in [6.45, 7) is 10.1. The maximum absolute atomic E-state index is 2.47. The van der Waals surface area contributed by atoms with Crippen LogP contribution in [0.25, 0.3) is 43.6 Å². The zero-order valence-electron chi connectivity index (χ0n) is 30.3. The molecule has 4 heteroatoms. The van der Waals surface area contributed by atoms with E-state index < -0.39 is 0 Å². The lowest BCUT2D eigenvalue weighted by Crippen LogP contribution is -2.21. The van der Waals surface area contributed by atoms with Gasteiger partial charge in [-0.15, -0.1) is 0 Å². The number of anilines is 4. The van der Waals surface area contributed by atoms with Crippen LogP contribution < -0.4 is 9.80 Å². The highest BCUT2D eigenvalue weighted by atomic mass is 15.1. The van der Waals surface area contributed by atoms with E-state index in [-0.39, 0.29) is 5.54 Å². The molecule has 0 aliphatic heterocycles. The lowest BCUT2D eigenvalue weighted by molar-refractivity contribution is 0.423. The average Bonchev–Trinajstić information content (AvgIpc) is 3.66. The van der Waals surface area contributed by atoms with Crippen molar-refractivity contribution in [2.75, 3.05) is 23.9 Å². The summed E-state index contributed by atoms with van der Waals surface area (Å²) in [7, 11) is 4.26. The number of nitrogens with zero attached hydrogens (tertiary/aromatic N) is 4. The van der Waals surface area contributed by atoms with E-state index in [0.717, 1.165) is 6.54 Å². The number of hydrogen-bond donors (Lipinski definition) is 0. The van der Waals surface area contributed by atoms with E-state index in [1.54, 1.807) is 0 Å². The molecule has 0 unspecified atom stereocenters. The molecule has 4 nitrogen and oxygen atoms in total. The Morgan fingerprint density at radius 2 is 0.880 bits per heavy atom. The van der Waals surface area contributed by atoms with Crippen molar-refractivity contribution in [3.63, 3.8) is 0 Å². The lowest BCUT2D eigenvalue weighted by Gasteiger charge is -2.24. The van der Waals surface area contributed by atoms with Crippen molar-refractivity contribution in [1.82, 2.24) is 9.13 Å². The summed E-state index contributed by atoms with van der Waals surface area (Å²) in [5.41, 5.74) is 10.1. The Hall–Kier alpha value is -5.48. The number of benzene rings is 6. The molecule has 0 aliphatic carbocycles. The summed E-state index contributed by atoms with van der Waals surface area (Å²) < 4.78 is 4.92. The molecule has 6 aromatic carbocycles. The Morgan fingerprint density at radius 3 is 1.42 bits per heavy atom. The minimum atomic E-state index is 0.0359. The van der Waals surface area contributed by atoms with Crippen LogP contribution >= 0.6 is 0 Å². The number of fused-ring (bicyclic) bond motifs is 6. The predicted octanol–water partition coefficient (Wildman–Crippen LogP) is 12.7. The van der Waals surface area contributed by atoms with Crippen LogP contribution in [0.15, 0.2) is 146 Å². The number of unbranched alkanes of at least 4 members (excludes halogenated alkanes) is 1. The molecular weight excluding hydrogens is 609 g/mol. The summed E-state index contributed by atoms with van der Waals surface area (Å²) in [6, 6.07) is 52.1. The van der Waals surface area contributed by atoms with E-state index >= 15 is 0 Å². The van der Waals surface area contributed by atoms with Crippen molar-refractivity contribution < 1.29 is 0 Å². The third-order valence-electron chi connectivity index (χ3n) is 9.88. The Kier molecular flexibility index (Phi) is 9.12. The van der Waals surface area contributed by atoms with Crippen LogP contribution in [-0.2, 0) is 12.1 Å². The maximum atomic E-state index is 2.47. The van der Waals surface area contributed by atoms with Crippen molar-refractivity contribution in [3.8, 4) is 0 Å². The van der Waals surface area contributed by atoms with Gasteiger partial charge in [-0.1, -0.05) is 86.1 Å². The molecule has 0 bridgehead atoms. The molecule has 50 heavy (non-hydrogen) atoms. The molecule has 0 atom stereocenters. The van der Waals surface area contributed by atoms with Gasteiger partial charge in [0.05, 0.1) is 0 Å². The molecule has 0 N–H and O–H groups in total. The number of para-hydroxylation sites is 4. The van der Waals surface area contributed by atoms with E-state index in [0.29, 0.717) is 0 Å². The van der Waals surface area contributed by atoms with Gasteiger partial charge in [-0.2, -0.15) is 0 Å². The lowest BCUT2D eigenvalue weighted by atomic mass is 10.1. The summed E-state index contributed by atoms with van der Waals surface area (Å²) in [6.07, 6.45) is 2.42. The minimum Gasteiger partial charge on any atom is -0.345 e. The van der Waals surface area contributed by atoms with Crippen molar-refractivity contribution >= 4 is 66.4 Å². The normalized spacial score (nSPS) is 11.6. The van der Waals surface area contributed by atoms with Crippen LogP contribution in [0, 0.1) is 0 Å². The largest absolute Gasteiger partial charge is 0.345 e. The van der Waals surface area contributed by atoms with Crippen LogP contribution in [0.5, 0.6) is 0 Å². The average molecular weight is 657 g/mol.